The fraction of sp³-hybridized carbons (Fsp3) is 0.625. The maximum atomic E-state index is 5.75. The molecule has 4 heteroatoms. The third-order valence-corrected chi connectivity index (χ3v) is 1.55. The quantitative estimate of drug-likeness (QED) is 0.683. The van der Waals surface area contributed by atoms with Gasteiger partial charge in [0.25, 0.3) is 0 Å². The molecule has 0 bridgehead atoms. The fourth-order valence-corrected chi connectivity index (χ4v) is 0.877. The van der Waals surface area contributed by atoms with Crippen LogP contribution in [0.1, 0.15) is 30.9 Å². The van der Waals surface area contributed by atoms with Gasteiger partial charge in [-0.05, 0) is 13.8 Å². The van der Waals surface area contributed by atoms with Crippen LogP contribution in [-0.2, 0) is 11.3 Å². The highest BCUT2D eigenvalue weighted by Crippen LogP contribution is 2.18. The van der Waals surface area contributed by atoms with Gasteiger partial charge in [0.1, 0.15) is 17.7 Å². The summed E-state index contributed by atoms with van der Waals surface area (Å²) in [4.78, 5) is 3.99. The standard InChI is InChI=1S/C8H12ClNO2/c1-3-11-5-7-4-10-8(12-7)6(2)9/h4,6H,3,5H2,1-2H3. The third-order valence-electron chi connectivity index (χ3n) is 1.36. The number of hydrogen-bond acceptors (Lipinski definition) is 3. The molecule has 0 saturated carbocycles. The van der Waals surface area contributed by atoms with Gasteiger partial charge in [0.15, 0.2) is 0 Å². The van der Waals surface area contributed by atoms with Gasteiger partial charge < -0.3 is 9.15 Å². The van der Waals surface area contributed by atoms with Crippen molar-refractivity contribution < 1.29 is 9.15 Å². The fourth-order valence-electron chi connectivity index (χ4n) is 0.776. The molecule has 1 unspecified atom stereocenters. The van der Waals surface area contributed by atoms with Crippen LogP contribution in [0, 0.1) is 0 Å². The molecule has 1 atom stereocenters. The maximum absolute atomic E-state index is 5.75. The summed E-state index contributed by atoms with van der Waals surface area (Å²) in [5.41, 5.74) is 0. The topological polar surface area (TPSA) is 35.3 Å². The lowest BCUT2D eigenvalue weighted by atomic mass is 10.5. The normalized spacial score (nSPS) is 13.2. The van der Waals surface area contributed by atoms with Gasteiger partial charge in [-0.3, -0.25) is 0 Å². The molecule has 0 spiro atoms. The number of halogens is 1. The minimum atomic E-state index is -0.180. The van der Waals surface area contributed by atoms with Gasteiger partial charge in [0, 0.05) is 6.61 Å². The van der Waals surface area contributed by atoms with E-state index in [4.69, 9.17) is 20.8 Å². The summed E-state index contributed by atoms with van der Waals surface area (Å²) in [6, 6.07) is 0. The van der Waals surface area contributed by atoms with Gasteiger partial charge >= 0.3 is 0 Å². The molecule has 0 aromatic carbocycles. The van der Waals surface area contributed by atoms with Crippen molar-refractivity contribution in [3.8, 4) is 0 Å². The van der Waals surface area contributed by atoms with E-state index in [1.165, 1.54) is 0 Å². The Balaban J connectivity index is 2.52. The van der Waals surface area contributed by atoms with Crippen LogP contribution in [0.15, 0.2) is 10.6 Å². The van der Waals surface area contributed by atoms with E-state index >= 15 is 0 Å². The van der Waals surface area contributed by atoms with Crippen molar-refractivity contribution in [2.75, 3.05) is 6.61 Å². The zero-order chi connectivity index (χ0) is 8.97. The van der Waals surface area contributed by atoms with E-state index in [1.807, 2.05) is 13.8 Å². The SMILES string of the molecule is CCOCc1cnc(C(C)Cl)o1. The molecule has 0 radical (unpaired) electrons. The van der Waals surface area contributed by atoms with Crippen molar-refractivity contribution in [1.82, 2.24) is 4.98 Å². The van der Waals surface area contributed by atoms with Gasteiger partial charge in [0.05, 0.1) is 6.20 Å². The van der Waals surface area contributed by atoms with Gasteiger partial charge in [-0.2, -0.15) is 0 Å². The third kappa shape index (κ3) is 2.50. The molecule has 3 nitrogen and oxygen atoms in total. The largest absolute Gasteiger partial charge is 0.442 e. The first-order valence-corrected chi connectivity index (χ1v) is 4.34. The van der Waals surface area contributed by atoms with Gasteiger partial charge in [-0.1, -0.05) is 0 Å². The molecule has 0 aliphatic rings. The molecule has 0 aliphatic heterocycles. The zero-order valence-corrected chi connectivity index (χ0v) is 7.97. The van der Waals surface area contributed by atoms with Crippen molar-refractivity contribution >= 4 is 11.6 Å². The molecule has 68 valence electrons. The number of rotatable bonds is 4. The molecule has 0 saturated heterocycles. The molecule has 0 amide bonds. The number of aromatic nitrogens is 1. The lowest BCUT2D eigenvalue weighted by Gasteiger charge is -1.96. The summed E-state index contributed by atoms with van der Waals surface area (Å²) in [5.74, 6) is 1.27. The van der Waals surface area contributed by atoms with E-state index in [9.17, 15) is 0 Å². The zero-order valence-electron chi connectivity index (χ0n) is 7.21. The van der Waals surface area contributed by atoms with Crippen LogP contribution in [0.5, 0.6) is 0 Å². The lowest BCUT2D eigenvalue weighted by molar-refractivity contribution is 0.117. The van der Waals surface area contributed by atoms with Crippen LogP contribution >= 0.6 is 11.6 Å². The second kappa shape index (κ2) is 4.48. The highest BCUT2D eigenvalue weighted by atomic mass is 35.5. The minimum Gasteiger partial charge on any atom is -0.442 e. The average molecular weight is 190 g/mol. The number of ether oxygens (including phenoxy) is 1. The van der Waals surface area contributed by atoms with Crippen molar-refractivity contribution in [3.63, 3.8) is 0 Å². The molecule has 0 aliphatic carbocycles. The summed E-state index contributed by atoms with van der Waals surface area (Å²) in [5, 5.41) is -0.180. The molecular weight excluding hydrogens is 178 g/mol. The summed E-state index contributed by atoms with van der Waals surface area (Å²) in [7, 11) is 0. The Hall–Kier alpha value is -0.540. The Kier molecular flexibility index (Phi) is 3.56. The molecular formula is C8H12ClNO2. The predicted octanol–water partition coefficient (Wildman–Crippen LogP) is 2.51. The molecule has 1 aromatic heterocycles. The van der Waals surface area contributed by atoms with Crippen molar-refractivity contribution in [1.29, 1.82) is 0 Å². The first-order chi connectivity index (χ1) is 5.74. The van der Waals surface area contributed by atoms with Crippen LogP contribution in [0.2, 0.25) is 0 Å². The van der Waals surface area contributed by atoms with Crippen LogP contribution in [0.3, 0.4) is 0 Å². The molecule has 1 aromatic rings. The Labute approximate surface area is 76.7 Å². The predicted molar refractivity (Wildman–Crippen MR) is 46.1 cm³/mol. The van der Waals surface area contributed by atoms with Crippen molar-refractivity contribution in [3.05, 3.63) is 17.8 Å². The Bertz CT molecular complexity index is 235. The van der Waals surface area contributed by atoms with Crippen LogP contribution in [-0.4, -0.2) is 11.6 Å². The van der Waals surface area contributed by atoms with Gasteiger partial charge in [-0.15, -0.1) is 11.6 Å². The molecule has 0 N–H and O–H groups in total. The first-order valence-electron chi connectivity index (χ1n) is 3.90. The molecule has 1 rings (SSSR count). The molecule has 1 heterocycles. The highest BCUT2D eigenvalue weighted by Gasteiger charge is 2.08. The first kappa shape index (κ1) is 9.55. The van der Waals surface area contributed by atoms with E-state index in [-0.39, 0.29) is 5.38 Å². The van der Waals surface area contributed by atoms with Crippen molar-refractivity contribution in [2.24, 2.45) is 0 Å². The Morgan fingerprint density at radius 3 is 3.00 bits per heavy atom. The van der Waals surface area contributed by atoms with E-state index in [1.54, 1.807) is 6.20 Å². The monoisotopic (exact) mass is 189 g/mol. The van der Waals surface area contributed by atoms with Crippen LogP contribution in [0.4, 0.5) is 0 Å². The summed E-state index contributed by atoms with van der Waals surface area (Å²) in [6.45, 7) is 4.89. The lowest BCUT2D eigenvalue weighted by Crippen LogP contribution is -1.88. The molecule has 12 heavy (non-hydrogen) atoms. The number of hydrogen-bond donors (Lipinski definition) is 0. The number of alkyl halides is 1. The van der Waals surface area contributed by atoms with Crippen LogP contribution < -0.4 is 0 Å². The smallest absolute Gasteiger partial charge is 0.212 e. The van der Waals surface area contributed by atoms with Crippen molar-refractivity contribution in [2.45, 2.75) is 25.8 Å². The second-order valence-corrected chi connectivity index (χ2v) is 3.07. The van der Waals surface area contributed by atoms with E-state index < -0.39 is 0 Å². The van der Waals surface area contributed by atoms with Gasteiger partial charge in [-0.25, -0.2) is 4.98 Å². The van der Waals surface area contributed by atoms with E-state index in [2.05, 4.69) is 4.98 Å². The van der Waals surface area contributed by atoms with E-state index in [0.29, 0.717) is 19.1 Å². The summed E-state index contributed by atoms with van der Waals surface area (Å²) in [6.07, 6.45) is 1.64. The molecule has 0 fully saturated rings. The Morgan fingerprint density at radius 1 is 1.75 bits per heavy atom. The number of nitrogens with zero attached hydrogens (tertiary/aromatic N) is 1. The van der Waals surface area contributed by atoms with Gasteiger partial charge in [0.2, 0.25) is 5.89 Å². The maximum Gasteiger partial charge on any atom is 0.212 e. The summed E-state index contributed by atoms with van der Waals surface area (Å²) < 4.78 is 10.4. The number of oxazole rings is 1. The highest BCUT2D eigenvalue weighted by molar-refractivity contribution is 6.20. The van der Waals surface area contributed by atoms with Crippen LogP contribution in [0.25, 0.3) is 0 Å². The minimum absolute atomic E-state index is 0.180. The average Bonchev–Trinajstić information content (AvgIpc) is 2.48. The van der Waals surface area contributed by atoms with E-state index in [0.717, 1.165) is 5.76 Å². The summed E-state index contributed by atoms with van der Waals surface area (Å²) >= 11 is 5.75. The Morgan fingerprint density at radius 2 is 2.50 bits per heavy atom. The second-order valence-electron chi connectivity index (χ2n) is 2.42.